The summed E-state index contributed by atoms with van der Waals surface area (Å²) in [5, 5.41) is 3.90. The van der Waals surface area contributed by atoms with Crippen LogP contribution < -0.4 is 30.0 Å². The zero-order chi connectivity index (χ0) is 33.6. The van der Waals surface area contributed by atoms with Crippen LogP contribution in [0.1, 0.15) is 38.3 Å². The minimum Gasteiger partial charge on any atom is -0.454 e. The van der Waals surface area contributed by atoms with Crippen LogP contribution in [0.4, 0.5) is 11.4 Å². The molecule has 3 N–H and O–H groups in total. The largest absolute Gasteiger partial charge is 0.454 e. The number of nitrogens with two attached hydrogens (primary N) is 1. The maximum atomic E-state index is 12.6. The molecule has 1 aromatic heterocycles. The number of nitrogens with one attached hydrogen (secondary N) is 1. The summed E-state index contributed by atoms with van der Waals surface area (Å²) in [4.78, 5) is 17.1. The Labute approximate surface area is 284 Å². The summed E-state index contributed by atoms with van der Waals surface area (Å²) in [6.07, 6.45) is 8.10. The second-order valence-corrected chi connectivity index (χ2v) is 11.5. The quantitative estimate of drug-likeness (QED) is 0.137. The van der Waals surface area contributed by atoms with Crippen molar-refractivity contribution in [2.24, 2.45) is 0 Å². The first-order chi connectivity index (χ1) is 23.9. The maximum absolute atomic E-state index is 12.6. The summed E-state index contributed by atoms with van der Waals surface area (Å²) in [7, 11) is 0. The summed E-state index contributed by atoms with van der Waals surface area (Å²) in [5.41, 5.74) is 13.9. The predicted molar refractivity (Wildman–Crippen MR) is 195 cm³/mol. The number of carbonyl (C=O) groups excluding carboxylic acids is 1. The fraction of sp³-hybridized carbons (Fsp3) is 0.0732. The number of hydrogen-bond donors (Lipinski definition) is 2. The van der Waals surface area contributed by atoms with E-state index >= 15 is 0 Å². The van der Waals surface area contributed by atoms with Gasteiger partial charge in [0.25, 0.3) is 5.91 Å². The molecule has 0 atom stereocenters. The Bertz CT molecular complexity index is 2190. The number of aryl methyl sites for hydroxylation is 1. The van der Waals surface area contributed by atoms with Crippen molar-refractivity contribution in [3.63, 3.8) is 0 Å². The summed E-state index contributed by atoms with van der Waals surface area (Å²) in [6.45, 7) is 2.53. The monoisotopic (exact) mass is 647 g/mol. The highest BCUT2D eigenvalue weighted by molar-refractivity contribution is 6.06. The van der Waals surface area contributed by atoms with Crippen molar-refractivity contribution >= 4 is 52.5 Å². The Morgan fingerprint density at radius 1 is 0.612 bits per heavy atom. The molecule has 0 aliphatic carbocycles. The Kier molecular flexibility index (Phi) is 8.92. The van der Waals surface area contributed by atoms with Gasteiger partial charge in [-0.05, 0) is 102 Å². The highest BCUT2D eigenvalue weighted by atomic mass is 16.7. The molecule has 0 saturated heterocycles. The number of nitrogen functional groups attached to an aromatic ring is 1. The molecule has 2 aliphatic rings. The van der Waals surface area contributed by atoms with E-state index in [4.69, 9.17) is 24.7 Å². The number of hydrogen-bond acceptors (Lipinski definition) is 7. The molecule has 8 heteroatoms. The average molecular weight is 648 g/mol. The van der Waals surface area contributed by atoms with Gasteiger partial charge in [-0.1, -0.05) is 66.8 Å². The van der Waals surface area contributed by atoms with Crippen LogP contribution in [0.5, 0.6) is 23.0 Å². The van der Waals surface area contributed by atoms with Gasteiger partial charge < -0.3 is 30.0 Å². The topological polar surface area (TPSA) is 105 Å². The Hall–Kier alpha value is -6.54. The molecule has 0 unspecified atom stereocenters. The molecule has 0 fully saturated rings. The molecule has 0 spiro atoms. The summed E-state index contributed by atoms with van der Waals surface area (Å²) < 4.78 is 21.3. The molecule has 6 aromatic rings. The zero-order valence-corrected chi connectivity index (χ0v) is 26.8. The van der Waals surface area contributed by atoms with Crippen LogP contribution >= 0.6 is 0 Å². The van der Waals surface area contributed by atoms with E-state index in [9.17, 15) is 4.79 Å². The first-order valence-corrected chi connectivity index (χ1v) is 15.8. The van der Waals surface area contributed by atoms with E-state index in [2.05, 4.69) is 10.3 Å². The standard InChI is InChI=1S/C26H20N2O3.C15H13NO2/c1-17-2-8-20-15-21(9-12-23(20)27-17)26(29)28-22-10-5-18(6-11-22)3-4-19-7-13-24-25(14-19)31-16-30-24;16-13-6-3-11(4-7-13)1-2-12-5-8-14-15(9-12)18-10-17-14/h2-15H,16H2,1H3,(H,28,29);1-9H,10,16H2/b4-3+;2-1+. The second kappa shape index (κ2) is 14.1. The van der Waals surface area contributed by atoms with E-state index in [1.807, 2.05) is 140 Å². The Morgan fingerprint density at radius 3 is 1.76 bits per heavy atom. The van der Waals surface area contributed by atoms with Crippen molar-refractivity contribution < 1.29 is 23.7 Å². The highest BCUT2D eigenvalue weighted by Gasteiger charge is 2.13. The predicted octanol–water partition coefficient (Wildman–Crippen LogP) is 8.86. The minimum absolute atomic E-state index is 0.147. The number of carbonyl (C=O) groups is 1. The lowest BCUT2D eigenvalue weighted by molar-refractivity contribution is 0.102. The number of pyridine rings is 1. The Balaban J connectivity index is 0.000000178. The molecule has 2 aliphatic heterocycles. The minimum atomic E-state index is -0.147. The van der Waals surface area contributed by atoms with Gasteiger partial charge in [0, 0.05) is 28.0 Å². The fourth-order valence-corrected chi connectivity index (χ4v) is 5.28. The van der Waals surface area contributed by atoms with Crippen LogP contribution in [0, 0.1) is 6.92 Å². The van der Waals surface area contributed by atoms with Gasteiger partial charge in [-0.3, -0.25) is 9.78 Å². The molecule has 3 heterocycles. The SMILES string of the molecule is Cc1ccc2cc(C(=O)Nc3ccc(/C=C/c4ccc5c(c4)OCO5)cc3)ccc2n1.Nc1ccc(/C=C/c2ccc3c(c2)OCO3)cc1. The lowest BCUT2D eigenvalue weighted by Crippen LogP contribution is -2.11. The van der Waals surface area contributed by atoms with Crippen molar-refractivity contribution in [1.82, 2.24) is 4.98 Å². The van der Waals surface area contributed by atoms with E-state index < -0.39 is 0 Å². The maximum Gasteiger partial charge on any atom is 0.255 e. The summed E-state index contributed by atoms with van der Waals surface area (Å²) >= 11 is 0. The van der Waals surface area contributed by atoms with E-state index in [-0.39, 0.29) is 12.7 Å². The Morgan fingerprint density at radius 2 is 1.14 bits per heavy atom. The number of ether oxygens (including phenoxy) is 4. The number of benzene rings is 5. The van der Waals surface area contributed by atoms with E-state index in [1.165, 1.54) is 0 Å². The molecule has 0 bridgehead atoms. The van der Waals surface area contributed by atoms with Crippen LogP contribution in [0.3, 0.4) is 0 Å². The first kappa shape index (κ1) is 31.1. The third kappa shape index (κ3) is 7.72. The number of anilines is 2. The van der Waals surface area contributed by atoms with Crippen LogP contribution in [0.15, 0.2) is 115 Å². The third-order valence-electron chi connectivity index (χ3n) is 7.93. The normalized spacial score (nSPS) is 12.7. The molecule has 8 rings (SSSR count). The van der Waals surface area contributed by atoms with Gasteiger partial charge in [0.15, 0.2) is 23.0 Å². The number of aromatic nitrogens is 1. The average Bonchev–Trinajstić information content (AvgIpc) is 3.80. The molecule has 242 valence electrons. The van der Waals surface area contributed by atoms with Crippen molar-refractivity contribution in [2.45, 2.75) is 6.92 Å². The number of fused-ring (bicyclic) bond motifs is 3. The molecule has 0 radical (unpaired) electrons. The van der Waals surface area contributed by atoms with Crippen molar-refractivity contribution in [3.8, 4) is 23.0 Å². The fourth-order valence-electron chi connectivity index (χ4n) is 5.28. The van der Waals surface area contributed by atoms with Gasteiger partial charge in [0.2, 0.25) is 13.6 Å². The molecular formula is C41H33N3O5. The van der Waals surface area contributed by atoms with Gasteiger partial charge in [0.05, 0.1) is 5.52 Å². The number of amides is 1. The molecule has 49 heavy (non-hydrogen) atoms. The highest BCUT2D eigenvalue weighted by Crippen LogP contribution is 2.34. The van der Waals surface area contributed by atoms with E-state index in [1.54, 1.807) is 6.07 Å². The first-order valence-electron chi connectivity index (χ1n) is 15.8. The molecular weight excluding hydrogens is 614 g/mol. The number of rotatable bonds is 6. The lowest BCUT2D eigenvalue weighted by Gasteiger charge is -2.07. The van der Waals surface area contributed by atoms with Crippen LogP contribution in [0.25, 0.3) is 35.2 Å². The van der Waals surface area contributed by atoms with E-state index in [0.29, 0.717) is 12.4 Å². The number of nitrogens with zero attached hydrogens (tertiary/aromatic N) is 1. The van der Waals surface area contributed by atoms with Gasteiger partial charge >= 0.3 is 0 Å². The second-order valence-electron chi connectivity index (χ2n) is 11.5. The zero-order valence-electron chi connectivity index (χ0n) is 26.8. The lowest BCUT2D eigenvalue weighted by atomic mass is 10.1. The van der Waals surface area contributed by atoms with Gasteiger partial charge in [0.1, 0.15) is 0 Å². The molecule has 8 nitrogen and oxygen atoms in total. The summed E-state index contributed by atoms with van der Waals surface area (Å²) in [5.74, 6) is 3.00. The van der Waals surface area contributed by atoms with E-state index in [0.717, 1.165) is 73.2 Å². The van der Waals surface area contributed by atoms with Crippen molar-refractivity contribution in [3.05, 3.63) is 149 Å². The molecule has 0 saturated carbocycles. The molecule has 5 aromatic carbocycles. The van der Waals surface area contributed by atoms with Crippen molar-refractivity contribution in [2.75, 3.05) is 24.6 Å². The summed E-state index contributed by atoms with van der Waals surface area (Å²) in [6, 6.07) is 36.7. The third-order valence-corrected chi connectivity index (χ3v) is 7.93. The van der Waals surface area contributed by atoms with Crippen LogP contribution in [-0.4, -0.2) is 24.5 Å². The van der Waals surface area contributed by atoms with Gasteiger partial charge in [-0.15, -0.1) is 0 Å². The van der Waals surface area contributed by atoms with Crippen LogP contribution in [0.2, 0.25) is 0 Å². The van der Waals surface area contributed by atoms with Gasteiger partial charge in [-0.2, -0.15) is 0 Å². The smallest absolute Gasteiger partial charge is 0.255 e. The van der Waals surface area contributed by atoms with Gasteiger partial charge in [-0.25, -0.2) is 0 Å². The molecule has 1 amide bonds. The van der Waals surface area contributed by atoms with Crippen LogP contribution in [-0.2, 0) is 0 Å². The van der Waals surface area contributed by atoms with Crippen molar-refractivity contribution in [1.29, 1.82) is 0 Å².